The third kappa shape index (κ3) is 4.81. The van der Waals surface area contributed by atoms with Crippen LogP contribution in [0.15, 0.2) is 0 Å². The van der Waals surface area contributed by atoms with Crippen LogP contribution in [0.3, 0.4) is 0 Å². The second kappa shape index (κ2) is 5.73. The Balaban J connectivity index is 1.99. The largest absolute Gasteiger partial charge is 0.356 e. The van der Waals surface area contributed by atoms with Crippen LogP contribution >= 0.6 is 0 Å². The zero-order chi connectivity index (χ0) is 11.3. The molecule has 0 aromatic carbocycles. The lowest BCUT2D eigenvalue weighted by Crippen LogP contribution is -2.33. The predicted octanol–water partition coefficient (Wildman–Crippen LogP) is 0.675. The van der Waals surface area contributed by atoms with Crippen LogP contribution in [0.4, 0.5) is 0 Å². The van der Waals surface area contributed by atoms with Crippen LogP contribution < -0.4 is 10.6 Å². The zero-order valence-corrected chi connectivity index (χ0v) is 9.51. The Morgan fingerprint density at radius 2 is 1.87 bits per heavy atom. The summed E-state index contributed by atoms with van der Waals surface area (Å²) >= 11 is 0. The van der Waals surface area contributed by atoms with Gasteiger partial charge in [-0.25, -0.2) is 0 Å². The molecule has 1 rings (SSSR count). The van der Waals surface area contributed by atoms with Crippen LogP contribution in [-0.4, -0.2) is 24.9 Å². The number of amides is 2. The van der Waals surface area contributed by atoms with Crippen LogP contribution in [0.25, 0.3) is 0 Å². The fourth-order valence-electron chi connectivity index (χ4n) is 1.54. The summed E-state index contributed by atoms with van der Waals surface area (Å²) in [7, 11) is 0. The molecule has 0 saturated heterocycles. The van der Waals surface area contributed by atoms with E-state index < -0.39 is 0 Å². The highest BCUT2D eigenvalue weighted by atomic mass is 16.2. The van der Waals surface area contributed by atoms with Gasteiger partial charge >= 0.3 is 0 Å². The highest BCUT2D eigenvalue weighted by Gasteiger charge is 2.32. The fraction of sp³-hybridized carbons (Fsp3) is 0.818. The summed E-state index contributed by atoms with van der Waals surface area (Å²) in [6.45, 7) is 4.76. The van der Waals surface area contributed by atoms with E-state index in [2.05, 4.69) is 10.6 Å². The minimum Gasteiger partial charge on any atom is -0.356 e. The molecule has 2 N–H and O–H groups in total. The van der Waals surface area contributed by atoms with Crippen molar-refractivity contribution in [1.29, 1.82) is 0 Å². The van der Waals surface area contributed by atoms with Crippen molar-refractivity contribution in [2.75, 3.05) is 13.1 Å². The molecule has 0 bridgehead atoms. The maximum atomic E-state index is 11.5. The maximum absolute atomic E-state index is 11.5. The van der Waals surface area contributed by atoms with Crippen molar-refractivity contribution in [1.82, 2.24) is 10.6 Å². The van der Waals surface area contributed by atoms with Crippen LogP contribution in [0.5, 0.6) is 0 Å². The van der Waals surface area contributed by atoms with E-state index in [9.17, 15) is 9.59 Å². The smallest absolute Gasteiger partial charge is 0.223 e. The topological polar surface area (TPSA) is 58.2 Å². The van der Waals surface area contributed by atoms with Crippen LogP contribution in [-0.2, 0) is 9.59 Å². The first-order chi connectivity index (χ1) is 7.11. The van der Waals surface area contributed by atoms with E-state index in [4.69, 9.17) is 0 Å². The summed E-state index contributed by atoms with van der Waals surface area (Å²) in [4.78, 5) is 22.1. The molecule has 0 heterocycles. The van der Waals surface area contributed by atoms with Gasteiger partial charge in [0.15, 0.2) is 0 Å². The van der Waals surface area contributed by atoms with Crippen LogP contribution in [0, 0.1) is 11.8 Å². The lowest BCUT2D eigenvalue weighted by molar-refractivity contribution is -0.125. The molecular weight excluding hydrogens is 192 g/mol. The summed E-state index contributed by atoms with van der Waals surface area (Å²) in [6, 6.07) is 0. The highest BCUT2D eigenvalue weighted by Crippen LogP contribution is 2.36. The molecule has 0 aliphatic heterocycles. The van der Waals surface area contributed by atoms with E-state index in [0.29, 0.717) is 19.0 Å². The van der Waals surface area contributed by atoms with Gasteiger partial charge in [-0.15, -0.1) is 0 Å². The molecule has 86 valence electrons. The Morgan fingerprint density at radius 1 is 1.27 bits per heavy atom. The van der Waals surface area contributed by atoms with Gasteiger partial charge in [0.25, 0.3) is 0 Å². The van der Waals surface area contributed by atoms with Gasteiger partial charge in [0.05, 0.1) is 0 Å². The molecule has 15 heavy (non-hydrogen) atoms. The predicted molar refractivity (Wildman–Crippen MR) is 58.2 cm³/mol. The molecule has 4 nitrogen and oxygen atoms in total. The Bertz CT molecular complexity index is 237. The highest BCUT2D eigenvalue weighted by molar-refractivity contribution is 5.78. The number of nitrogens with one attached hydrogen (secondary N) is 2. The van der Waals surface area contributed by atoms with E-state index in [1.54, 1.807) is 0 Å². The van der Waals surface area contributed by atoms with Gasteiger partial charge in [-0.2, -0.15) is 0 Å². The number of rotatable bonds is 6. The van der Waals surface area contributed by atoms with Crippen LogP contribution in [0.1, 0.15) is 33.1 Å². The van der Waals surface area contributed by atoms with Crippen LogP contribution in [0.2, 0.25) is 0 Å². The Hall–Kier alpha value is -1.06. The number of hydrogen-bond acceptors (Lipinski definition) is 2. The third-order valence-corrected chi connectivity index (χ3v) is 2.77. The zero-order valence-electron chi connectivity index (χ0n) is 9.51. The average Bonchev–Trinajstić information content (AvgIpc) is 2.98. The Labute approximate surface area is 90.8 Å². The minimum absolute atomic E-state index is 0.0207. The second-order valence-corrected chi connectivity index (χ2v) is 4.25. The lowest BCUT2D eigenvalue weighted by atomic mass is 10.1. The molecule has 1 fully saturated rings. The molecule has 0 radical (unpaired) electrons. The molecule has 0 aromatic rings. The first kappa shape index (κ1) is 12.0. The van der Waals surface area contributed by atoms with Crippen molar-refractivity contribution >= 4 is 11.8 Å². The number of carbonyl (C=O) groups excluding carboxylic acids is 2. The van der Waals surface area contributed by atoms with E-state index >= 15 is 0 Å². The number of hydrogen-bond donors (Lipinski definition) is 2. The molecule has 1 unspecified atom stereocenters. The molecule has 2 amide bonds. The maximum Gasteiger partial charge on any atom is 0.223 e. The summed E-state index contributed by atoms with van der Waals surface area (Å²) in [5, 5.41) is 5.58. The minimum atomic E-state index is -0.0207. The molecule has 1 saturated carbocycles. The van der Waals surface area contributed by atoms with Gasteiger partial charge in [0.2, 0.25) is 11.8 Å². The summed E-state index contributed by atoms with van der Waals surface area (Å²) in [6.07, 6.45) is 3.18. The summed E-state index contributed by atoms with van der Waals surface area (Å²) < 4.78 is 0. The van der Waals surface area contributed by atoms with Gasteiger partial charge in [-0.1, -0.05) is 6.92 Å². The molecule has 1 atom stereocenters. The van der Waals surface area contributed by atoms with E-state index in [1.807, 2.05) is 6.92 Å². The first-order valence-electron chi connectivity index (χ1n) is 5.63. The molecule has 0 spiro atoms. The van der Waals surface area contributed by atoms with Gasteiger partial charge in [0.1, 0.15) is 0 Å². The first-order valence-corrected chi connectivity index (χ1v) is 5.63. The quantitative estimate of drug-likeness (QED) is 0.636. The molecular formula is C11H20N2O2. The van der Waals surface area contributed by atoms with Crippen molar-refractivity contribution in [2.24, 2.45) is 11.8 Å². The van der Waals surface area contributed by atoms with Gasteiger partial charge < -0.3 is 10.6 Å². The number of carbonyl (C=O) groups is 2. The summed E-state index contributed by atoms with van der Waals surface area (Å²) in [5.74, 6) is 0.902. The van der Waals surface area contributed by atoms with Crippen molar-refractivity contribution in [3.63, 3.8) is 0 Å². The summed E-state index contributed by atoms with van der Waals surface area (Å²) in [5.41, 5.74) is 0. The van der Waals surface area contributed by atoms with E-state index in [1.165, 1.54) is 19.8 Å². The molecule has 1 aliphatic rings. The van der Waals surface area contributed by atoms with E-state index in [-0.39, 0.29) is 17.7 Å². The van der Waals surface area contributed by atoms with Gasteiger partial charge in [0, 0.05) is 25.9 Å². The third-order valence-electron chi connectivity index (χ3n) is 2.77. The van der Waals surface area contributed by atoms with Crippen molar-refractivity contribution in [3.05, 3.63) is 0 Å². The van der Waals surface area contributed by atoms with Crippen molar-refractivity contribution < 1.29 is 9.59 Å². The standard InChI is InChI=1S/C11H20N2O2/c1-8(10-4-5-10)11(15)13-7-3-6-12-9(2)14/h8,10H,3-7H2,1-2H3,(H,12,14)(H,13,15). The SMILES string of the molecule is CC(=O)NCCCNC(=O)C(C)C1CC1. The second-order valence-electron chi connectivity index (χ2n) is 4.25. The molecule has 0 aromatic heterocycles. The van der Waals surface area contributed by atoms with E-state index in [0.717, 1.165) is 6.42 Å². The van der Waals surface area contributed by atoms with Crippen molar-refractivity contribution in [2.45, 2.75) is 33.1 Å². The Kier molecular flexibility index (Phi) is 4.59. The normalized spacial score (nSPS) is 16.9. The molecule has 4 heteroatoms. The average molecular weight is 212 g/mol. The monoisotopic (exact) mass is 212 g/mol. The van der Waals surface area contributed by atoms with Crippen molar-refractivity contribution in [3.8, 4) is 0 Å². The van der Waals surface area contributed by atoms with Gasteiger partial charge in [-0.05, 0) is 25.2 Å². The van der Waals surface area contributed by atoms with Gasteiger partial charge in [-0.3, -0.25) is 9.59 Å². The Morgan fingerprint density at radius 3 is 2.40 bits per heavy atom. The lowest BCUT2D eigenvalue weighted by Gasteiger charge is -2.10. The molecule has 1 aliphatic carbocycles. The fourth-order valence-corrected chi connectivity index (χ4v) is 1.54.